The molecule has 0 atom stereocenters. The average molecular weight is 303 g/mol. The second-order valence-electron chi connectivity index (χ2n) is 5.50. The van der Waals surface area contributed by atoms with E-state index in [9.17, 15) is 9.59 Å². The molecule has 0 spiro atoms. The number of hydrogen-bond acceptors (Lipinski definition) is 3. The van der Waals surface area contributed by atoms with E-state index >= 15 is 0 Å². The van der Waals surface area contributed by atoms with Crippen LogP contribution in [0, 0.1) is 0 Å². The Labute approximate surface area is 127 Å². The second-order valence-corrected chi connectivity index (χ2v) is 6.41. The summed E-state index contributed by atoms with van der Waals surface area (Å²) < 4.78 is 1.92. The molecular formula is C15H17N3O2S. The van der Waals surface area contributed by atoms with Crippen molar-refractivity contribution in [2.24, 2.45) is 0 Å². The summed E-state index contributed by atoms with van der Waals surface area (Å²) in [5.41, 5.74) is 0.0320. The lowest BCUT2D eigenvalue weighted by Gasteiger charge is -2.41. The number of nitrogens with one attached hydrogen (secondary N) is 1. The molecule has 0 aromatic carbocycles. The first kappa shape index (κ1) is 13.9. The zero-order chi connectivity index (χ0) is 15.0. The fourth-order valence-corrected chi connectivity index (χ4v) is 3.38. The van der Waals surface area contributed by atoms with Crippen molar-refractivity contribution in [3.05, 3.63) is 40.8 Å². The molecule has 5 nitrogen and oxygen atoms in total. The van der Waals surface area contributed by atoms with Gasteiger partial charge in [-0.05, 0) is 37.4 Å². The van der Waals surface area contributed by atoms with Crippen LogP contribution in [0.5, 0.6) is 0 Å². The Morgan fingerprint density at radius 3 is 2.76 bits per heavy atom. The summed E-state index contributed by atoms with van der Waals surface area (Å²) in [7, 11) is 0. The van der Waals surface area contributed by atoms with Crippen LogP contribution < -0.4 is 5.32 Å². The molecule has 110 valence electrons. The standard InChI is InChI=1S/C15H17N3O2S/c1-15(2)14(20)16-6-9-18(15)13(19)12-11(5-10-21-12)17-7-3-4-8-17/h3-5,7-8,10H,6,9H2,1-2H3,(H,16,20). The SMILES string of the molecule is CC1(C)C(=O)NCCN1C(=O)c1sccc1-n1cccc1. The van der Waals surface area contributed by atoms with Crippen molar-refractivity contribution in [1.29, 1.82) is 0 Å². The van der Waals surface area contributed by atoms with Crippen molar-refractivity contribution >= 4 is 23.2 Å². The molecular weight excluding hydrogens is 286 g/mol. The van der Waals surface area contributed by atoms with Gasteiger partial charge < -0.3 is 14.8 Å². The number of thiophene rings is 1. The molecule has 0 radical (unpaired) electrons. The number of rotatable bonds is 2. The molecule has 3 heterocycles. The first-order valence-electron chi connectivity index (χ1n) is 6.83. The highest BCUT2D eigenvalue weighted by Gasteiger charge is 2.41. The van der Waals surface area contributed by atoms with Gasteiger partial charge in [0.1, 0.15) is 10.4 Å². The summed E-state index contributed by atoms with van der Waals surface area (Å²) >= 11 is 1.41. The van der Waals surface area contributed by atoms with E-state index in [1.165, 1.54) is 11.3 Å². The Balaban J connectivity index is 1.96. The first-order valence-corrected chi connectivity index (χ1v) is 7.71. The molecule has 3 rings (SSSR count). The minimum atomic E-state index is -0.826. The molecule has 1 fully saturated rings. The molecule has 1 N–H and O–H groups in total. The van der Waals surface area contributed by atoms with Crippen LogP contribution in [0.2, 0.25) is 0 Å². The predicted molar refractivity (Wildman–Crippen MR) is 81.8 cm³/mol. The zero-order valence-electron chi connectivity index (χ0n) is 12.0. The summed E-state index contributed by atoms with van der Waals surface area (Å²) in [6.45, 7) is 4.59. The maximum absolute atomic E-state index is 12.9. The van der Waals surface area contributed by atoms with Crippen LogP contribution in [0.15, 0.2) is 36.0 Å². The van der Waals surface area contributed by atoms with Gasteiger partial charge in [0.25, 0.3) is 5.91 Å². The van der Waals surface area contributed by atoms with Crippen LogP contribution in [-0.2, 0) is 4.79 Å². The number of carbonyl (C=O) groups is 2. The summed E-state index contributed by atoms with van der Waals surface area (Å²) in [4.78, 5) is 27.2. The molecule has 6 heteroatoms. The minimum Gasteiger partial charge on any atom is -0.352 e. The molecule has 0 unspecified atom stereocenters. The van der Waals surface area contributed by atoms with Crippen LogP contribution >= 0.6 is 11.3 Å². The number of nitrogens with zero attached hydrogens (tertiary/aromatic N) is 2. The van der Waals surface area contributed by atoms with Gasteiger partial charge >= 0.3 is 0 Å². The molecule has 0 aliphatic carbocycles. The lowest BCUT2D eigenvalue weighted by atomic mass is 9.98. The van der Waals surface area contributed by atoms with Gasteiger partial charge in [0, 0.05) is 25.5 Å². The van der Waals surface area contributed by atoms with Crippen LogP contribution in [0.4, 0.5) is 0 Å². The van der Waals surface area contributed by atoms with Crippen molar-refractivity contribution in [3.8, 4) is 5.69 Å². The third-order valence-corrected chi connectivity index (χ3v) is 4.71. The molecule has 1 saturated heterocycles. The van der Waals surface area contributed by atoms with Crippen LogP contribution in [-0.4, -0.2) is 39.9 Å². The van der Waals surface area contributed by atoms with E-state index in [4.69, 9.17) is 0 Å². The van der Waals surface area contributed by atoms with Gasteiger partial charge in [-0.15, -0.1) is 11.3 Å². The van der Waals surface area contributed by atoms with Crippen LogP contribution in [0.25, 0.3) is 5.69 Å². The summed E-state index contributed by atoms with van der Waals surface area (Å²) in [5.74, 6) is -0.199. The highest BCUT2D eigenvalue weighted by Crippen LogP contribution is 2.27. The lowest BCUT2D eigenvalue weighted by Crippen LogP contribution is -2.63. The Kier molecular flexibility index (Phi) is 3.33. The molecule has 0 saturated carbocycles. The molecule has 2 aromatic heterocycles. The average Bonchev–Trinajstić information content (AvgIpc) is 3.10. The smallest absolute Gasteiger partial charge is 0.267 e. The van der Waals surface area contributed by atoms with E-state index in [1.54, 1.807) is 18.7 Å². The molecule has 1 aliphatic heterocycles. The Morgan fingerprint density at radius 1 is 1.33 bits per heavy atom. The molecule has 1 aliphatic rings. The van der Waals surface area contributed by atoms with E-state index in [-0.39, 0.29) is 11.8 Å². The minimum absolute atomic E-state index is 0.0893. The predicted octanol–water partition coefficient (Wildman–Crippen LogP) is 1.89. The van der Waals surface area contributed by atoms with Gasteiger partial charge in [-0.2, -0.15) is 0 Å². The van der Waals surface area contributed by atoms with Crippen molar-refractivity contribution in [2.75, 3.05) is 13.1 Å². The maximum Gasteiger partial charge on any atom is 0.267 e. The third kappa shape index (κ3) is 2.25. The maximum atomic E-state index is 12.9. The second kappa shape index (κ2) is 5.04. The van der Waals surface area contributed by atoms with Crippen LogP contribution in [0.1, 0.15) is 23.5 Å². The van der Waals surface area contributed by atoms with Gasteiger partial charge in [0.05, 0.1) is 5.69 Å². The number of amides is 2. The van der Waals surface area contributed by atoms with E-state index in [2.05, 4.69) is 5.32 Å². The fourth-order valence-electron chi connectivity index (χ4n) is 2.54. The highest BCUT2D eigenvalue weighted by atomic mass is 32.1. The monoisotopic (exact) mass is 303 g/mol. The molecule has 21 heavy (non-hydrogen) atoms. The topological polar surface area (TPSA) is 54.3 Å². The van der Waals surface area contributed by atoms with E-state index < -0.39 is 5.54 Å². The molecule has 0 bridgehead atoms. The highest BCUT2D eigenvalue weighted by molar-refractivity contribution is 7.12. The van der Waals surface area contributed by atoms with E-state index in [0.717, 1.165) is 5.69 Å². The summed E-state index contributed by atoms with van der Waals surface area (Å²) in [6, 6.07) is 5.77. The number of aromatic nitrogens is 1. The quantitative estimate of drug-likeness (QED) is 0.921. The van der Waals surface area contributed by atoms with Crippen molar-refractivity contribution in [3.63, 3.8) is 0 Å². The number of carbonyl (C=O) groups excluding carboxylic acids is 2. The number of piperazine rings is 1. The largest absolute Gasteiger partial charge is 0.352 e. The Morgan fingerprint density at radius 2 is 2.05 bits per heavy atom. The van der Waals surface area contributed by atoms with Crippen molar-refractivity contribution < 1.29 is 9.59 Å². The fraction of sp³-hybridized carbons (Fsp3) is 0.333. The first-order chi connectivity index (χ1) is 10.0. The zero-order valence-corrected chi connectivity index (χ0v) is 12.8. The van der Waals surface area contributed by atoms with Crippen molar-refractivity contribution in [2.45, 2.75) is 19.4 Å². The lowest BCUT2D eigenvalue weighted by molar-refractivity contribution is -0.133. The van der Waals surface area contributed by atoms with Gasteiger partial charge in [-0.25, -0.2) is 0 Å². The van der Waals surface area contributed by atoms with Gasteiger partial charge in [-0.3, -0.25) is 9.59 Å². The van der Waals surface area contributed by atoms with Gasteiger partial charge in [0.15, 0.2) is 0 Å². The Hall–Kier alpha value is -2.08. The van der Waals surface area contributed by atoms with Crippen molar-refractivity contribution in [1.82, 2.24) is 14.8 Å². The van der Waals surface area contributed by atoms with E-state index in [1.807, 2.05) is 40.5 Å². The Bertz CT molecular complexity index is 673. The van der Waals surface area contributed by atoms with Gasteiger partial charge in [-0.1, -0.05) is 0 Å². The summed E-state index contributed by atoms with van der Waals surface area (Å²) in [5, 5.41) is 4.71. The van der Waals surface area contributed by atoms with Crippen LogP contribution in [0.3, 0.4) is 0 Å². The van der Waals surface area contributed by atoms with E-state index in [0.29, 0.717) is 18.0 Å². The summed E-state index contributed by atoms with van der Waals surface area (Å²) in [6.07, 6.45) is 3.82. The van der Waals surface area contributed by atoms with Gasteiger partial charge in [0.2, 0.25) is 5.91 Å². The molecule has 2 aromatic rings. The normalized spacial score (nSPS) is 17.6. The number of hydrogen-bond donors (Lipinski definition) is 1. The molecule has 2 amide bonds. The third-order valence-electron chi connectivity index (χ3n) is 3.82.